The zero-order valence-electron chi connectivity index (χ0n) is 18.3. The summed E-state index contributed by atoms with van der Waals surface area (Å²) in [7, 11) is 2.14. The third-order valence-corrected chi connectivity index (χ3v) is 6.36. The van der Waals surface area contributed by atoms with Gasteiger partial charge in [0.05, 0.1) is 6.04 Å². The van der Waals surface area contributed by atoms with Gasteiger partial charge in [-0.25, -0.2) is 0 Å². The molecule has 6 nitrogen and oxygen atoms in total. The largest absolute Gasteiger partial charge is 0.374 e. The van der Waals surface area contributed by atoms with Crippen LogP contribution in [0.15, 0.2) is 48.5 Å². The lowest BCUT2D eigenvalue weighted by Gasteiger charge is -2.36. The molecule has 2 aromatic carbocycles. The van der Waals surface area contributed by atoms with Crippen molar-refractivity contribution in [3.63, 3.8) is 0 Å². The molecule has 2 aliphatic rings. The van der Waals surface area contributed by atoms with Crippen molar-refractivity contribution in [3.05, 3.63) is 59.7 Å². The SMILES string of the molecule is CN1CCCc2cc([C@H](CNC(=O)C(=O)Nc3ccccc3)N3CCCCC3)ccc21. The average molecular weight is 421 g/mol. The third kappa shape index (κ3) is 5.25. The van der Waals surface area contributed by atoms with E-state index in [0.717, 1.165) is 32.5 Å². The number of likely N-dealkylation sites (tertiary alicyclic amines) is 1. The quantitative estimate of drug-likeness (QED) is 0.728. The fraction of sp³-hybridized carbons (Fsp3) is 0.440. The lowest BCUT2D eigenvalue weighted by atomic mass is 9.95. The molecule has 0 saturated carbocycles. The number of fused-ring (bicyclic) bond motifs is 1. The normalized spacial score (nSPS) is 17.5. The molecule has 0 aromatic heterocycles. The third-order valence-electron chi connectivity index (χ3n) is 6.36. The Balaban J connectivity index is 1.47. The van der Waals surface area contributed by atoms with Crippen LogP contribution in [0, 0.1) is 0 Å². The Morgan fingerprint density at radius 1 is 0.935 bits per heavy atom. The van der Waals surface area contributed by atoms with E-state index in [-0.39, 0.29) is 6.04 Å². The van der Waals surface area contributed by atoms with Crippen molar-refractivity contribution in [2.24, 2.45) is 0 Å². The van der Waals surface area contributed by atoms with Crippen LogP contribution in [0.2, 0.25) is 0 Å². The molecule has 2 amide bonds. The number of carbonyl (C=O) groups excluding carboxylic acids is 2. The standard InChI is InChI=1S/C25H32N4O2/c1-28-14-8-9-19-17-20(12-13-22(19)28)23(29-15-6-3-7-16-29)18-26-24(30)25(31)27-21-10-4-2-5-11-21/h2,4-5,10-13,17,23H,3,6-9,14-16,18H2,1H3,(H,26,30)(H,27,31)/t23-/m0/s1. The number of carbonyl (C=O) groups is 2. The predicted octanol–water partition coefficient (Wildman–Crippen LogP) is 3.35. The molecule has 1 saturated heterocycles. The molecule has 2 aliphatic heterocycles. The first-order valence-electron chi connectivity index (χ1n) is 11.3. The molecule has 164 valence electrons. The van der Waals surface area contributed by atoms with E-state index in [1.165, 1.54) is 36.1 Å². The number of para-hydroxylation sites is 1. The Labute approximate surface area is 184 Å². The van der Waals surface area contributed by atoms with Crippen LogP contribution in [0.4, 0.5) is 11.4 Å². The van der Waals surface area contributed by atoms with Gasteiger partial charge >= 0.3 is 11.8 Å². The van der Waals surface area contributed by atoms with Gasteiger partial charge in [0.2, 0.25) is 0 Å². The van der Waals surface area contributed by atoms with Gasteiger partial charge < -0.3 is 15.5 Å². The first-order valence-corrected chi connectivity index (χ1v) is 11.3. The Hall–Kier alpha value is -2.86. The number of aryl methyl sites for hydroxylation is 1. The number of piperidine rings is 1. The number of rotatable bonds is 5. The molecule has 31 heavy (non-hydrogen) atoms. The van der Waals surface area contributed by atoms with Gasteiger partial charge in [0.15, 0.2) is 0 Å². The minimum absolute atomic E-state index is 0.0753. The molecule has 1 fully saturated rings. The molecule has 0 radical (unpaired) electrons. The fourth-order valence-corrected chi connectivity index (χ4v) is 4.68. The minimum atomic E-state index is -0.629. The predicted molar refractivity (Wildman–Crippen MR) is 124 cm³/mol. The monoisotopic (exact) mass is 420 g/mol. The van der Waals surface area contributed by atoms with Crippen molar-refractivity contribution in [2.75, 3.05) is 43.4 Å². The summed E-state index contributed by atoms with van der Waals surface area (Å²) in [6, 6.07) is 15.8. The molecular formula is C25H32N4O2. The summed E-state index contributed by atoms with van der Waals surface area (Å²) in [6.07, 6.45) is 5.85. The lowest BCUT2D eigenvalue weighted by molar-refractivity contribution is -0.136. The maximum atomic E-state index is 12.5. The van der Waals surface area contributed by atoms with Crippen LogP contribution >= 0.6 is 0 Å². The first-order chi connectivity index (χ1) is 15.1. The summed E-state index contributed by atoms with van der Waals surface area (Å²) in [4.78, 5) is 29.6. The molecule has 2 heterocycles. The van der Waals surface area contributed by atoms with E-state index in [9.17, 15) is 9.59 Å². The molecule has 0 bridgehead atoms. The van der Waals surface area contributed by atoms with Crippen molar-refractivity contribution < 1.29 is 9.59 Å². The molecule has 0 aliphatic carbocycles. The number of hydrogen-bond donors (Lipinski definition) is 2. The van der Waals surface area contributed by atoms with Gasteiger partial charge in [-0.2, -0.15) is 0 Å². The maximum absolute atomic E-state index is 12.5. The fourth-order valence-electron chi connectivity index (χ4n) is 4.68. The molecular weight excluding hydrogens is 388 g/mol. The molecule has 2 aromatic rings. The summed E-state index contributed by atoms with van der Waals surface area (Å²) in [6.45, 7) is 3.56. The molecule has 1 atom stereocenters. The summed E-state index contributed by atoms with van der Waals surface area (Å²) in [5.74, 6) is -1.22. The van der Waals surface area contributed by atoms with E-state index in [4.69, 9.17) is 0 Å². The number of nitrogens with one attached hydrogen (secondary N) is 2. The second kappa shape index (κ2) is 9.96. The van der Waals surface area contributed by atoms with Gasteiger partial charge in [0, 0.05) is 31.5 Å². The molecule has 0 unspecified atom stereocenters. The second-order valence-electron chi connectivity index (χ2n) is 8.56. The van der Waals surface area contributed by atoms with Gasteiger partial charge in [0.1, 0.15) is 0 Å². The summed E-state index contributed by atoms with van der Waals surface area (Å²) in [5.41, 5.74) is 4.52. The lowest BCUT2D eigenvalue weighted by Crippen LogP contribution is -2.43. The zero-order valence-corrected chi connectivity index (χ0v) is 18.3. The highest BCUT2D eigenvalue weighted by molar-refractivity contribution is 6.39. The zero-order chi connectivity index (χ0) is 21.6. The Morgan fingerprint density at radius 3 is 2.48 bits per heavy atom. The van der Waals surface area contributed by atoms with E-state index in [2.05, 4.69) is 45.7 Å². The maximum Gasteiger partial charge on any atom is 0.313 e. The van der Waals surface area contributed by atoms with Crippen LogP contribution in [-0.2, 0) is 16.0 Å². The van der Waals surface area contributed by atoms with Crippen LogP contribution in [0.3, 0.4) is 0 Å². The van der Waals surface area contributed by atoms with Gasteiger partial charge in [-0.15, -0.1) is 0 Å². The number of benzene rings is 2. The van der Waals surface area contributed by atoms with Crippen molar-refractivity contribution in [2.45, 2.75) is 38.1 Å². The Bertz CT molecular complexity index is 909. The van der Waals surface area contributed by atoms with E-state index in [1.807, 2.05) is 18.2 Å². The molecule has 2 N–H and O–H groups in total. The molecule has 0 spiro atoms. The highest BCUT2D eigenvalue weighted by Crippen LogP contribution is 2.31. The smallest absolute Gasteiger partial charge is 0.313 e. The number of hydrogen-bond acceptors (Lipinski definition) is 4. The van der Waals surface area contributed by atoms with Crippen LogP contribution in [0.5, 0.6) is 0 Å². The van der Waals surface area contributed by atoms with Crippen LogP contribution < -0.4 is 15.5 Å². The van der Waals surface area contributed by atoms with E-state index in [1.54, 1.807) is 12.1 Å². The van der Waals surface area contributed by atoms with Crippen LogP contribution in [-0.4, -0.2) is 49.9 Å². The van der Waals surface area contributed by atoms with Gasteiger partial charge in [-0.3, -0.25) is 14.5 Å². The second-order valence-corrected chi connectivity index (χ2v) is 8.56. The Morgan fingerprint density at radius 2 is 1.71 bits per heavy atom. The minimum Gasteiger partial charge on any atom is -0.374 e. The topological polar surface area (TPSA) is 64.7 Å². The van der Waals surface area contributed by atoms with Gasteiger partial charge in [-0.05, 0) is 68.1 Å². The summed E-state index contributed by atoms with van der Waals surface area (Å²) < 4.78 is 0. The summed E-state index contributed by atoms with van der Waals surface area (Å²) >= 11 is 0. The van der Waals surface area contributed by atoms with Crippen molar-refractivity contribution in [1.82, 2.24) is 10.2 Å². The Kier molecular flexibility index (Phi) is 6.87. The van der Waals surface area contributed by atoms with E-state index >= 15 is 0 Å². The van der Waals surface area contributed by atoms with E-state index < -0.39 is 11.8 Å². The van der Waals surface area contributed by atoms with Crippen molar-refractivity contribution >= 4 is 23.2 Å². The highest BCUT2D eigenvalue weighted by Gasteiger charge is 2.25. The molecule has 6 heteroatoms. The van der Waals surface area contributed by atoms with Crippen LogP contribution in [0.1, 0.15) is 42.9 Å². The van der Waals surface area contributed by atoms with Gasteiger partial charge in [0.25, 0.3) is 0 Å². The number of amides is 2. The van der Waals surface area contributed by atoms with Crippen LogP contribution in [0.25, 0.3) is 0 Å². The summed E-state index contributed by atoms with van der Waals surface area (Å²) in [5, 5.41) is 5.54. The van der Waals surface area contributed by atoms with E-state index in [0.29, 0.717) is 12.2 Å². The highest BCUT2D eigenvalue weighted by atomic mass is 16.2. The molecule has 4 rings (SSSR count). The first kappa shape index (κ1) is 21.4. The van der Waals surface area contributed by atoms with Gasteiger partial charge in [-0.1, -0.05) is 36.8 Å². The van der Waals surface area contributed by atoms with Crippen molar-refractivity contribution in [3.8, 4) is 0 Å². The average Bonchev–Trinajstić information content (AvgIpc) is 2.80. The van der Waals surface area contributed by atoms with Crippen molar-refractivity contribution in [1.29, 1.82) is 0 Å². The number of anilines is 2. The number of nitrogens with zero attached hydrogens (tertiary/aromatic N) is 2.